The largest absolute Gasteiger partial charge is 0.366 e. The Morgan fingerprint density at radius 2 is 1.54 bits per heavy atom. The maximum atomic E-state index is 11.9. The molecule has 0 saturated heterocycles. The van der Waals surface area contributed by atoms with Crippen molar-refractivity contribution >= 4 is 23.6 Å². The predicted molar refractivity (Wildman–Crippen MR) is 97.8 cm³/mol. The highest BCUT2D eigenvalue weighted by Crippen LogP contribution is 2.22. The molecule has 2 rings (SSSR count). The average Bonchev–Trinajstić information content (AvgIpc) is 2.53. The summed E-state index contributed by atoms with van der Waals surface area (Å²) in [5.41, 5.74) is 8.51. The van der Waals surface area contributed by atoms with Crippen molar-refractivity contribution < 1.29 is 9.59 Å². The fourth-order valence-corrected chi connectivity index (χ4v) is 2.17. The van der Waals surface area contributed by atoms with Crippen molar-refractivity contribution in [3.8, 4) is 0 Å². The smallest absolute Gasteiger partial charge is 0.248 e. The van der Waals surface area contributed by atoms with Gasteiger partial charge in [0, 0.05) is 17.3 Å². The average molecular weight is 322 g/mol. The number of nitrogens with one attached hydrogen (secondary N) is 1. The minimum atomic E-state index is -0.494. The van der Waals surface area contributed by atoms with E-state index in [1.54, 1.807) is 30.3 Å². The Labute approximate surface area is 142 Å². The Balaban J connectivity index is 1.98. The number of carbonyl (C=O) groups is 2. The van der Waals surface area contributed by atoms with E-state index in [4.69, 9.17) is 5.73 Å². The first kappa shape index (κ1) is 17.5. The van der Waals surface area contributed by atoms with E-state index in [-0.39, 0.29) is 11.3 Å². The van der Waals surface area contributed by atoms with Crippen molar-refractivity contribution in [1.82, 2.24) is 0 Å². The van der Waals surface area contributed by atoms with Gasteiger partial charge >= 0.3 is 0 Å². The van der Waals surface area contributed by atoms with Crippen LogP contribution in [0.5, 0.6) is 0 Å². The van der Waals surface area contributed by atoms with Gasteiger partial charge in [-0.25, -0.2) is 0 Å². The number of rotatable bonds is 4. The third-order valence-electron chi connectivity index (χ3n) is 3.64. The molecule has 0 aromatic heterocycles. The summed E-state index contributed by atoms with van der Waals surface area (Å²) in [4.78, 5) is 22.9. The lowest BCUT2D eigenvalue weighted by Gasteiger charge is -2.18. The maximum Gasteiger partial charge on any atom is 0.248 e. The number of hydrogen-bond donors (Lipinski definition) is 2. The Kier molecular flexibility index (Phi) is 5.19. The topological polar surface area (TPSA) is 72.2 Å². The number of benzene rings is 2. The van der Waals surface area contributed by atoms with Crippen LogP contribution in [0.3, 0.4) is 0 Å². The highest BCUT2D eigenvalue weighted by Gasteiger charge is 2.12. The first-order valence-corrected chi connectivity index (χ1v) is 7.75. The van der Waals surface area contributed by atoms with Gasteiger partial charge in [-0.3, -0.25) is 9.59 Å². The van der Waals surface area contributed by atoms with Gasteiger partial charge in [0.1, 0.15) is 0 Å². The van der Waals surface area contributed by atoms with Gasteiger partial charge in [0.05, 0.1) is 0 Å². The molecule has 0 aliphatic carbocycles. The standard InChI is InChI=1S/C20H22N2O2/c1-20(2,3)16-9-4-14(5-10-16)6-13-18(23)22-17-11-7-15(8-12-17)19(21)24/h4-13H,1-3H3,(H2,21,24)(H,22,23)/b13-6+. The Morgan fingerprint density at radius 1 is 0.958 bits per heavy atom. The van der Waals surface area contributed by atoms with Crippen LogP contribution in [-0.2, 0) is 10.2 Å². The van der Waals surface area contributed by atoms with Crippen LogP contribution >= 0.6 is 0 Å². The minimum absolute atomic E-state index is 0.108. The van der Waals surface area contributed by atoms with Crippen molar-refractivity contribution in [2.75, 3.05) is 5.32 Å². The van der Waals surface area contributed by atoms with Crippen LogP contribution in [0.2, 0.25) is 0 Å². The molecule has 2 aromatic rings. The molecule has 124 valence electrons. The molecule has 0 aliphatic heterocycles. The molecule has 0 unspecified atom stereocenters. The molecule has 2 amide bonds. The van der Waals surface area contributed by atoms with E-state index in [1.807, 2.05) is 12.1 Å². The molecule has 0 bridgehead atoms. The van der Waals surface area contributed by atoms with Gasteiger partial charge in [-0.15, -0.1) is 0 Å². The normalized spacial score (nSPS) is 11.5. The quantitative estimate of drug-likeness (QED) is 0.842. The summed E-state index contributed by atoms with van der Waals surface area (Å²) in [7, 11) is 0. The summed E-state index contributed by atoms with van der Waals surface area (Å²) in [6.45, 7) is 6.48. The van der Waals surface area contributed by atoms with E-state index in [9.17, 15) is 9.59 Å². The number of amides is 2. The zero-order chi connectivity index (χ0) is 17.7. The number of carbonyl (C=O) groups excluding carboxylic acids is 2. The molecule has 24 heavy (non-hydrogen) atoms. The van der Waals surface area contributed by atoms with Crippen LogP contribution in [0, 0.1) is 0 Å². The van der Waals surface area contributed by atoms with Gasteiger partial charge in [-0.1, -0.05) is 45.0 Å². The second kappa shape index (κ2) is 7.13. The third-order valence-corrected chi connectivity index (χ3v) is 3.64. The minimum Gasteiger partial charge on any atom is -0.366 e. The fourth-order valence-electron chi connectivity index (χ4n) is 2.17. The van der Waals surface area contributed by atoms with E-state index in [2.05, 4.69) is 38.2 Å². The zero-order valence-electron chi connectivity index (χ0n) is 14.2. The third kappa shape index (κ3) is 4.81. The number of hydrogen-bond acceptors (Lipinski definition) is 2. The number of primary amides is 1. The van der Waals surface area contributed by atoms with E-state index in [0.717, 1.165) is 5.56 Å². The van der Waals surface area contributed by atoms with Crippen molar-refractivity contribution in [3.63, 3.8) is 0 Å². The molecule has 0 aliphatic rings. The van der Waals surface area contributed by atoms with Gasteiger partial charge in [0.25, 0.3) is 0 Å². The second-order valence-corrected chi connectivity index (χ2v) is 6.64. The Hall–Kier alpha value is -2.88. The predicted octanol–water partition coefficient (Wildman–Crippen LogP) is 3.73. The summed E-state index contributed by atoms with van der Waals surface area (Å²) >= 11 is 0. The molecule has 0 saturated carbocycles. The molecule has 0 spiro atoms. The Morgan fingerprint density at radius 3 is 2.04 bits per heavy atom. The molecule has 0 radical (unpaired) electrons. The molecular weight excluding hydrogens is 300 g/mol. The van der Waals surface area contributed by atoms with Gasteiger partial charge < -0.3 is 11.1 Å². The van der Waals surface area contributed by atoms with Gasteiger partial charge in [-0.2, -0.15) is 0 Å². The number of nitrogens with two attached hydrogens (primary N) is 1. The van der Waals surface area contributed by atoms with Crippen LogP contribution in [0.15, 0.2) is 54.6 Å². The monoisotopic (exact) mass is 322 g/mol. The lowest BCUT2D eigenvalue weighted by molar-refractivity contribution is -0.111. The maximum absolute atomic E-state index is 11.9. The highest BCUT2D eigenvalue weighted by atomic mass is 16.1. The molecule has 4 heteroatoms. The second-order valence-electron chi connectivity index (χ2n) is 6.64. The summed E-state index contributed by atoms with van der Waals surface area (Å²) in [5.74, 6) is -0.729. The first-order valence-electron chi connectivity index (χ1n) is 7.75. The molecule has 3 N–H and O–H groups in total. The SMILES string of the molecule is CC(C)(C)c1ccc(/C=C/C(=O)Nc2ccc(C(N)=O)cc2)cc1. The van der Waals surface area contributed by atoms with Crippen LogP contribution in [-0.4, -0.2) is 11.8 Å². The van der Waals surface area contributed by atoms with Gasteiger partial charge in [0.15, 0.2) is 0 Å². The first-order chi connectivity index (χ1) is 11.3. The van der Waals surface area contributed by atoms with Crippen LogP contribution in [0.4, 0.5) is 5.69 Å². The van der Waals surface area contributed by atoms with E-state index >= 15 is 0 Å². The van der Waals surface area contributed by atoms with Crippen LogP contribution in [0.1, 0.15) is 42.3 Å². The van der Waals surface area contributed by atoms with Crippen molar-refractivity contribution in [3.05, 3.63) is 71.3 Å². The molecule has 2 aromatic carbocycles. The van der Waals surface area contributed by atoms with E-state index < -0.39 is 5.91 Å². The van der Waals surface area contributed by atoms with Gasteiger partial charge in [0.2, 0.25) is 11.8 Å². The summed E-state index contributed by atoms with van der Waals surface area (Å²) in [6, 6.07) is 14.6. The summed E-state index contributed by atoms with van der Waals surface area (Å²) in [5, 5.41) is 2.74. The van der Waals surface area contributed by atoms with Crippen molar-refractivity contribution in [1.29, 1.82) is 0 Å². The lowest BCUT2D eigenvalue weighted by Crippen LogP contribution is -2.11. The summed E-state index contributed by atoms with van der Waals surface area (Å²) < 4.78 is 0. The molecule has 4 nitrogen and oxygen atoms in total. The molecule has 0 atom stereocenters. The van der Waals surface area contributed by atoms with Gasteiger partial charge in [-0.05, 0) is 46.9 Å². The summed E-state index contributed by atoms with van der Waals surface area (Å²) in [6.07, 6.45) is 3.24. The van der Waals surface area contributed by atoms with E-state index in [1.165, 1.54) is 11.6 Å². The van der Waals surface area contributed by atoms with Crippen molar-refractivity contribution in [2.24, 2.45) is 5.73 Å². The van der Waals surface area contributed by atoms with Crippen molar-refractivity contribution in [2.45, 2.75) is 26.2 Å². The van der Waals surface area contributed by atoms with Crippen LogP contribution in [0.25, 0.3) is 6.08 Å². The highest BCUT2D eigenvalue weighted by molar-refractivity contribution is 6.02. The lowest BCUT2D eigenvalue weighted by atomic mass is 9.87. The van der Waals surface area contributed by atoms with Crippen LogP contribution < -0.4 is 11.1 Å². The Bertz CT molecular complexity index is 752. The zero-order valence-corrected chi connectivity index (χ0v) is 14.2. The molecule has 0 fully saturated rings. The van der Waals surface area contributed by atoms with E-state index in [0.29, 0.717) is 11.3 Å². The molecular formula is C20H22N2O2. The fraction of sp³-hybridized carbons (Fsp3) is 0.200. The molecule has 0 heterocycles. The number of anilines is 1.